The minimum atomic E-state index is 0.545. The van der Waals surface area contributed by atoms with Gasteiger partial charge in [-0.2, -0.15) is 0 Å². The van der Waals surface area contributed by atoms with Crippen LogP contribution in [-0.2, 0) is 11.3 Å². The van der Waals surface area contributed by atoms with Crippen molar-refractivity contribution in [1.29, 1.82) is 0 Å². The van der Waals surface area contributed by atoms with E-state index in [-0.39, 0.29) is 0 Å². The second-order valence-electron chi connectivity index (χ2n) is 4.76. The summed E-state index contributed by atoms with van der Waals surface area (Å²) in [5, 5.41) is 1.85. The second-order valence-corrected chi connectivity index (χ2v) is 6.07. The number of nitrogens with two attached hydrogens (primary N) is 1. The first kappa shape index (κ1) is 12.9. The molecule has 0 spiro atoms. The summed E-state index contributed by atoms with van der Waals surface area (Å²) in [5.74, 6) is 0. The molecule has 0 bridgehead atoms. The summed E-state index contributed by atoms with van der Waals surface area (Å²) in [6, 6.07) is 8.30. The number of thioether (sulfide) groups is 1. The molecule has 0 atom stereocenters. The largest absolute Gasteiger partial charge is 0.381 e. The summed E-state index contributed by atoms with van der Waals surface area (Å²) in [6.45, 7) is 2.29. The number of nitrogens with zero attached hydrogens (tertiary/aromatic N) is 1. The predicted molar refractivity (Wildman–Crippen MR) is 79.3 cm³/mol. The van der Waals surface area contributed by atoms with Crippen molar-refractivity contribution >= 4 is 22.7 Å². The third kappa shape index (κ3) is 2.76. The topological polar surface area (TPSA) is 48.1 Å². The summed E-state index contributed by atoms with van der Waals surface area (Å²) < 4.78 is 5.43. The molecule has 0 aliphatic carbocycles. The Labute approximate surface area is 117 Å². The van der Waals surface area contributed by atoms with Gasteiger partial charge in [0.1, 0.15) is 0 Å². The van der Waals surface area contributed by atoms with Crippen molar-refractivity contribution in [3.05, 3.63) is 36.0 Å². The number of benzene rings is 1. The summed E-state index contributed by atoms with van der Waals surface area (Å²) in [6.07, 6.45) is 4.15. The molecular formula is C15H18N2OS. The number of aromatic nitrogens is 1. The Balaban J connectivity index is 1.98. The van der Waals surface area contributed by atoms with E-state index < -0.39 is 0 Å². The Morgan fingerprint density at radius 3 is 2.84 bits per heavy atom. The van der Waals surface area contributed by atoms with Crippen LogP contribution in [0.4, 0.5) is 0 Å². The van der Waals surface area contributed by atoms with Crippen LogP contribution < -0.4 is 5.73 Å². The van der Waals surface area contributed by atoms with Crippen LogP contribution in [0.5, 0.6) is 0 Å². The van der Waals surface area contributed by atoms with Gasteiger partial charge >= 0.3 is 0 Å². The van der Waals surface area contributed by atoms with Crippen LogP contribution in [0.2, 0.25) is 0 Å². The minimum absolute atomic E-state index is 0.545. The standard InChI is InChI=1S/C15H18N2OS/c16-9-11-10-17-14-4-2-1-3-13(14)15(11)19-12-5-7-18-8-6-12/h1-4,10,12H,5-9,16H2. The molecule has 1 fully saturated rings. The molecule has 1 saturated heterocycles. The molecule has 0 unspecified atom stereocenters. The molecule has 0 amide bonds. The van der Waals surface area contributed by atoms with Gasteiger partial charge in [0.2, 0.25) is 0 Å². The average Bonchev–Trinajstić information content (AvgIpc) is 2.49. The molecule has 0 saturated carbocycles. The molecular weight excluding hydrogens is 256 g/mol. The van der Waals surface area contributed by atoms with Gasteiger partial charge in [-0.25, -0.2) is 0 Å². The fourth-order valence-corrected chi connectivity index (χ4v) is 3.75. The molecule has 4 heteroatoms. The zero-order valence-corrected chi connectivity index (χ0v) is 11.7. The van der Waals surface area contributed by atoms with Gasteiger partial charge in [0.15, 0.2) is 0 Å². The Bertz CT molecular complexity index is 567. The SMILES string of the molecule is NCc1cnc2ccccc2c1SC1CCOCC1. The van der Waals surface area contributed by atoms with Gasteiger partial charge in [0.05, 0.1) is 5.52 Å². The molecule has 3 nitrogen and oxygen atoms in total. The van der Waals surface area contributed by atoms with E-state index in [0.717, 1.165) is 37.1 Å². The molecule has 0 radical (unpaired) electrons. The zero-order chi connectivity index (χ0) is 13.1. The van der Waals surface area contributed by atoms with E-state index in [2.05, 4.69) is 23.2 Å². The van der Waals surface area contributed by atoms with Gasteiger partial charge in [-0.05, 0) is 24.5 Å². The highest BCUT2D eigenvalue weighted by Crippen LogP contribution is 2.36. The summed E-state index contributed by atoms with van der Waals surface area (Å²) in [5.41, 5.74) is 8.07. The minimum Gasteiger partial charge on any atom is -0.381 e. The molecule has 1 aromatic carbocycles. The van der Waals surface area contributed by atoms with Crippen molar-refractivity contribution in [2.24, 2.45) is 5.73 Å². The normalized spacial score (nSPS) is 16.9. The van der Waals surface area contributed by atoms with Crippen molar-refractivity contribution in [1.82, 2.24) is 4.98 Å². The first-order chi connectivity index (χ1) is 9.38. The number of fused-ring (bicyclic) bond motifs is 1. The lowest BCUT2D eigenvalue weighted by Crippen LogP contribution is -2.17. The monoisotopic (exact) mass is 274 g/mol. The smallest absolute Gasteiger partial charge is 0.0713 e. The summed E-state index contributed by atoms with van der Waals surface area (Å²) in [7, 11) is 0. The van der Waals surface area contributed by atoms with Gasteiger partial charge in [0.25, 0.3) is 0 Å². The van der Waals surface area contributed by atoms with Gasteiger partial charge in [0, 0.05) is 41.5 Å². The lowest BCUT2D eigenvalue weighted by molar-refractivity contribution is 0.100. The Morgan fingerprint density at radius 1 is 1.26 bits per heavy atom. The lowest BCUT2D eigenvalue weighted by Gasteiger charge is -2.23. The molecule has 1 aliphatic rings. The van der Waals surface area contributed by atoms with E-state index in [0.29, 0.717) is 11.8 Å². The second kappa shape index (κ2) is 5.90. The summed E-state index contributed by atoms with van der Waals surface area (Å²) in [4.78, 5) is 5.79. The van der Waals surface area contributed by atoms with Crippen LogP contribution in [0.1, 0.15) is 18.4 Å². The summed E-state index contributed by atoms with van der Waals surface area (Å²) >= 11 is 1.95. The maximum absolute atomic E-state index is 5.87. The Hall–Kier alpha value is -1.10. The number of ether oxygens (including phenoxy) is 1. The fourth-order valence-electron chi connectivity index (χ4n) is 2.40. The van der Waals surface area contributed by atoms with Crippen LogP contribution in [-0.4, -0.2) is 23.4 Å². The van der Waals surface area contributed by atoms with Crippen LogP contribution in [0.15, 0.2) is 35.4 Å². The predicted octanol–water partition coefficient (Wildman–Crippen LogP) is 2.96. The van der Waals surface area contributed by atoms with E-state index in [1.807, 2.05) is 24.0 Å². The van der Waals surface area contributed by atoms with E-state index in [1.54, 1.807) is 0 Å². The molecule has 2 heterocycles. The van der Waals surface area contributed by atoms with Crippen LogP contribution >= 0.6 is 11.8 Å². The quantitative estimate of drug-likeness (QED) is 0.935. The first-order valence-corrected chi connectivity index (χ1v) is 7.57. The van der Waals surface area contributed by atoms with Crippen molar-refractivity contribution < 1.29 is 4.74 Å². The van der Waals surface area contributed by atoms with Gasteiger partial charge in [-0.1, -0.05) is 18.2 Å². The van der Waals surface area contributed by atoms with Crippen molar-refractivity contribution in [2.75, 3.05) is 13.2 Å². The van der Waals surface area contributed by atoms with Crippen LogP contribution in [0.25, 0.3) is 10.9 Å². The van der Waals surface area contributed by atoms with E-state index in [1.165, 1.54) is 10.3 Å². The molecule has 1 aliphatic heterocycles. The zero-order valence-electron chi connectivity index (χ0n) is 10.8. The maximum atomic E-state index is 5.87. The highest BCUT2D eigenvalue weighted by atomic mass is 32.2. The highest BCUT2D eigenvalue weighted by Gasteiger charge is 2.18. The van der Waals surface area contributed by atoms with Crippen LogP contribution in [0.3, 0.4) is 0 Å². The number of rotatable bonds is 3. The third-order valence-electron chi connectivity index (χ3n) is 3.47. The third-order valence-corrected chi connectivity index (χ3v) is 5.00. The highest BCUT2D eigenvalue weighted by molar-refractivity contribution is 8.00. The van der Waals surface area contributed by atoms with Gasteiger partial charge in [-0.3, -0.25) is 4.98 Å². The van der Waals surface area contributed by atoms with E-state index in [9.17, 15) is 0 Å². The van der Waals surface area contributed by atoms with Crippen molar-refractivity contribution in [2.45, 2.75) is 29.5 Å². The van der Waals surface area contributed by atoms with Gasteiger partial charge in [-0.15, -0.1) is 11.8 Å². The maximum Gasteiger partial charge on any atom is 0.0713 e. The Morgan fingerprint density at radius 2 is 2.05 bits per heavy atom. The van der Waals surface area contributed by atoms with Gasteiger partial charge < -0.3 is 10.5 Å². The van der Waals surface area contributed by atoms with Crippen molar-refractivity contribution in [3.8, 4) is 0 Å². The van der Waals surface area contributed by atoms with Crippen LogP contribution in [0, 0.1) is 0 Å². The Kier molecular flexibility index (Phi) is 4.01. The molecule has 2 N–H and O–H groups in total. The number of hydrogen-bond acceptors (Lipinski definition) is 4. The lowest BCUT2D eigenvalue weighted by atomic mass is 10.1. The van der Waals surface area contributed by atoms with E-state index in [4.69, 9.17) is 10.5 Å². The fraction of sp³-hybridized carbons (Fsp3) is 0.400. The first-order valence-electron chi connectivity index (χ1n) is 6.69. The van der Waals surface area contributed by atoms with E-state index >= 15 is 0 Å². The number of hydrogen-bond donors (Lipinski definition) is 1. The molecule has 2 aromatic rings. The number of pyridine rings is 1. The molecule has 3 rings (SSSR count). The number of para-hydroxylation sites is 1. The molecule has 1 aromatic heterocycles. The van der Waals surface area contributed by atoms with Crippen molar-refractivity contribution in [3.63, 3.8) is 0 Å². The average molecular weight is 274 g/mol. The molecule has 19 heavy (non-hydrogen) atoms. The molecule has 100 valence electrons.